The molecule has 0 aromatic carbocycles. The SMILES string of the molecule is COc1c(C)cnc(Cn2nc(C)c(C)c(C#N)c2=O)c1C. The largest absolute Gasteiger partial charge is 0.496 e. The number of hydrogen-bond acceptors (Lipinski definition) is 5. The van der Waals surface area contributed by atoms with Crippen molar-refractivity contribution in [1.29, 1.82) is 5.26 Å². The van der Waals surface area contributed by atoms with E-state index in [1.807, 2.05) is 19.9 Å². The molecule has 6 nitrogen and oxygen atoms in total. The van der Waals surface area contributed by atoms with Crippen LogP contribution in [0.2, 0.25) is 0 Å². The summed E-state index contributed by atoms with van der Waals surface area (Å²) >= 11 is 0. The summed E-state index contributed by atoms with van der Waals surface area (Å²) in [5, 5.41) is 13.4. The van der Waals surface area contributed by atoms with Crippen molar-refractivity contribution >= 4 is 0 Å². The van der Waals surface area contributed by atoms with E-state index in [1.165, 1.54) is 4.68 Å². The summed E-state index contributed by atoms with van der Waals surface area (Å²) in [6, 6.07) is 1.96. The molecule has 0 aliphatic carbocycles. The van der Waals surface area contributed by atoms with Crippen LogP contribution in [-0.4, -0.2) is 21.9 Å². The molecule has 2 heterocycles. The lowest BCUT2D eigenvalue weighted by atomic mass is 10.1. The predicted octanol–water partition coefficient (Wildman–Crippen LogP) is 1.80. The average molecular weight is 298 g/mol. The minimum atomic E-state index is -0.397. The van der Waals surface area contributed by atoms with Crippen molar-refractivity contribution in [3.05, 3.63) is 50.2 Å². The van der Waals surface area contributed by atoms with E-state index in [4.69, 9.17) is 10.00 Å². The molecule has 0 aliphatic heterocycles. The first-order valence-corrected chi connectivity index (χ1v) is 6.88. The van der Waals surface area contributed by atoms with Crippen molar-refractivity contribution in [2.45, 2.75) is 34.2 Å². The van der Waals surface area contributed by atoms with Crippen molar-refractivity contribution in [1.82, 2.24) is 14.8 Å². The molecule has 0 spiro atoms. The molecule has 0 fully saturated rings. The van der Waals surface area contributed by atoms with Crippen molar-refractivity contribution < 1.29 is 4.74 Å². The van der Waals surface area contributed by atoms with Crippen LogP contribution in [0, 0.1) is 39.0 Å². The number of methoxy groups -OCH3 is 1. The van der Waals surface area contributed by atoms with Crippen LogP contribution >= 0.6 is 0 Å². The molecular formula is C16H18N4O2. The van der Waals surface area contributed by atoms with Crippen LogP contribution in [-0.2, 0) is 6.54 Å². The van der Waals surface area contributed by atoms with Crippen molar-refractivity contribution in [2.24, 2.45) is 0 Å². The van der Waals surface area contributed by atoms with E-state index in [0.29, 0.717) is 17.0 Å². The van der Waals surface area contributed by atoms with Crippen LogP contribution in [0.3, 0.4) is 0 Å². The third kappa shape index (κ3) is 2.58. The number of aromatic nitrogens is 3. The Hall–Kier alpha value is -2.68. The van der Waals surface area contributed by atoms with E-state index < -0.39 is 5.56 Å². The molecule has 0 unspecified atom stereocenters. The summed E-state index contributed by atoms with van der Waals surface area (Å²) in [7, 11) is 1.60. The monoisotopic (exact) mass is 298 g/mol. The lowest BCUT2D eigenvalue weighted by Crippen LogP contribution is -2.28. The highest BCUT2D eigenvalue weighted by atomic mass is 16.5. The molecule has 0 N–H and O–H groups in total. The Morgan fingerprint density at radius 1 is 1.27 bits per heavy atom. The van der Waals surface area contributed by atoms with Crippen LogP contribution < -0.4 is 10.3 Å². The number of rotatable bonds is 3. The van der Waals surface area contributed by atoms with Gasteiger partial charge in [0.2, 0.25) is 0 Å². The Labute approximate surface area is 129 Å². The Balaban J connectivity index is 2.56. The third-order valence-corrected chi connectivity index (χ3v) is 3.80. The van der Waals surface area contributed by atoms with Gasteiger partial charge < -0.3 is 4.74 Å². The third-order valence-electron chi connectivity index (χ3n) is 3.80. The van der Waals surface area contributed by atoms with Gasteiger partial charge in [-0.25, -0.2) is 4.68 Å². The van der Waals surface area contributed by atoms with Gasteiger partial charge in [0.05, 0.1) is 25.0 Å². The maximum Gasteiger partial charge on any atom is 0.285 e. The molecule has 6 heteroatoms. The van der Waals surface area contributed by atoms with Gasteiger partial charge >= 0.3 is 0 Å². The molecule has 2 aromatic rings. The quantitative estimate of drug-likeness (QED) is 0.863. The first-order chi connectivity index (χ1) is 10.4. The summed E-state index contributed by atoms with van der Waals surface area (Å²) in [5.41, 5.74) is 3.51. The minimum Gasteiger partial charge on any atom is -0.496 e. The highest BCUT2D eigenvalue weighted by Crippen LogP contribution is 2.24. The number of aryl methyl sites for hydroxylation is 2. The zero-order valence-corrected chi connectivity index (χ0v) is 13.4. The van der Waals surface area contributed by atoms with Crippen LogP contribution in [0.25, 0.3) is 0 Å². The van der Waals surface area contributed by atoms with Gasteiger partial charge in [0.25, 0.3) is 5.56 Å². The summed E-state index contributed by atoms with van der Waals surface area (Å²) in [6.45, 7) is 7.52. The van der Waals surface area contributed by atoms with Gasteiger partial charge in [0.1, 0.15) is 17.4 Å². The van der Waals surface area contributed by atoms with Gasteiger partial charge in [-0.1, -0.05) is 0 Å². The Kier molecular flexibility index (Phi) is 4.27. The van der Waals surface area contributed by atoms with Gasteiger partial charge in [-0.2, -0.15) is 10.4 Å². The number of hydrogen-bond donors (Lipinski definition) is 0. The zero-order chi connectivity index (χ0) is 16.4. The summed E-state index contributed by atoms with van der Waals surface area (Å²) in [6.07, 6.45) is 1.71. The molecule has 22 heavy (non-hydrogen) atoms. The topological polar surface area (TPSA) is 80.8 Å². The standard InChI is InChI=1S/C16H18N4O2/c1-9-7-18-14(11(3)15(9)22-5)8-20-16(21)13(6-17)10(2)12(4)19-20/h7H,8H2,1-5H3. The molecule has 2 rings (SSSR count). The van der Waals surface area contributed by atoms with Crippen LogP contribution in [0.1, 0.15) is 33.6 Å². The van der Waals surface area contributed by atoms with Crippen LogP contribution in [0.4, 0.5) is 0 Å². The Morgan fingerprint density at radius 2 is 1.95 bits per heavy atom. The van der Waals surface area contributed by atoms with Gasteiger partial charge in [-0.3, -0.25) is 9.78 Å². The number of pyridine rings is 1. The predicted molar refractivity (Wildman–Crippen MR) is 82.1 cm³/mol. The van der Waals surface area contributed by atoms with E-state index in [2.05, 4.69) is 10.1 Å². The normalized spacial score (nSPS) is 10.4. The Bertz CT molecular complexity index is 832. The fourth-order valence-electron chi connectivity index (χ4n) is 2.38. The van der Waals surface area contributed by atoms with E-state index in [9.17, 15) is 4.79 Å². The van der Waals surface area contributed by atoms with E-state index >= 15 is 0 Å². The highest BCUT2D eigenvalue weighted by Gasteiger charge is 2.15. The van der Waals surface area contributed by atoms with Crippen molar-refractivity contribution in [3.8, 4) is 11.8 Å². The first kappa shape index (κ1) is 15.7. The summed E-state index contributed by atoms with van der Waals surface area (Å²) in [4.78, 5) is 16.7. The molecule has 0 radical (unpaired) electrons. The zero-order valence-electron chi connectivity index (χ0n) is 13.4. The summed E-state index contributed by atoms with van der Waals surface area (Å²) < 4.78 is 6.65. The van der Waals surface area contributed by atoms with Gasteiger partial charge in [-0.15, -0.1) is 0 Å². The number of nitriles is 1. The van der Waals surface area contributed by atoms with E-state index in [1.54, 1.807) is 27.2 Å². The number of nitrogens with zero attached hydrogens (tertiary/aromatic N) is 4. The number of ether oxygens (including phenoxy) is 1. The molecule has 0 saturated carbocycles. The smallest absolute Gasteiger partial charge is 0.285 e. The lowest BCUT2D eigenvalue weighted by molar-refractivity contribution is 0.406. The molecule has 0 atom stereocenters. The maximum absolute atomic E-state index is 12.3. The second kappa shape index (κ2) is 5.98. The lowest BCUT2D eigenvalue weighted by Gasteiger charge is -2.13. The molecule has 114 valence electrons. The van der Waals surface area contributed by atoms with Crippen molar-refractivity contribution in [2.75, 3.05) is 7.11 Å². The first-order valence-electron chi connectivity index (χ1n) is 6.88. The minimum absolute atomic E-state index is 0.129. The van der Waals surface area contributed by atoms with Crippen LogP contribution in [0.15, 0.2) is 11.0 Å². The molecular weight excluding hydrogens is 280 g/mol. The molecule has 0 saturated heterocycles. The second-order valence-electron chi connectivity index (χ2n) is 5.21. The highest BCUT2D eigenvalue weighted by molar-refractivity contribution is 5.41. The van der Waals surface area contributed by atoms with Crippen LogP contribution in [0.5, 0.6) is 5.75 Å². The molecule has 0 amide bonds. The van der Waals surface area contributed by atoms with Gasteiger partial charge in [0.15, 0.2) is 0 Å². The Morgan fingerprint density at radius 3 is 2.55 bits per heavy atom. The molecule has 2 aromatic heterocycles. The van der Waals surface area contributed by atoms with E-state index in [0.717, 1.165) is 16.9 Å². The maximum atomic E-state index is 12.3. The second-order valence-corrected chi connectivity index (χ2v) is 5.21. The van der Waals surface area contributed by atoms with Gasteiger partial charge in [0, 0.05) is 17.3 Å². The molecule has 0 bridgehead atoms. The molecule has 0 aliphatic rings. The fraction of sp³-hybridized carbons (Fsp3) is 0.375. The fourth-order valence-corrected chi connectivity index (χ4v) is 2.38. The van der Waals surface area contributed by atoms with E-state index in [-0.39, 0.29) is 12.1 Å². The average Bonchev–Trinajstić information content (AvgIpc) is 2.48. The van der Waals surface area contributed by atoms with Crippen molar-refractivity contribution in [3.63, 3.8) is 0 Å². The summed E-state index contributed by atoms with van der Waals surface area (Å²) in [5.74, 6) is 0.752. The van der Waals surface area contributed by atoms with Gasteiger partial charge in [-0.05, 0) is 33.3 Å².